The maximum absolute atomic E-state index is 12.7. The van der Waals surface area contributed by atoms with E-state index in [0.717, 1.165) is 18.1 Å². The van der Waals surface area contributed by atoms with E-state index in [2.05, 4.69) is 25.6 Å². The van der Waals surface area contributed by atoms with Crippen molar-refractivity contribution in [2.24, 2.45) is 0 Å². The van der Waals surface area contributed by atoms with Crippen LogP contribution in [-0.4, -0.2) is 47.9 Å². The fourth-order valence-corrected chi connectivity index (χ4v) is 3.50. The summed E-state index contributed by atoms with van der Waals surface area (Å²) in [5, 5.41) is 5.44. The smallest absolute Gasteiger partial charge is 0.313 e. The molecule has 3 rings (SSSR count). The number of nitrogens with zero attached hydrogens (tertiary/aromatic N) is 3. The molecular formula is C17H19FN6O6S2. The van der Waals surface area contributed by atoms with Crippen molar-refractivity contribution >= 4 is 37.6 Å². The van der Waals surface area contributed by atoms with Crippen LogP contribution in [0.1, 0.15) is 6.42 Å². The molecule has 1 aromatic carbocycles. The normalized spacial score (nSPS) is 13.8. The minimum Gasteiger partial charge on any atom is -0.398 e. The van der Waals surface area contributed by atoms with Gasteiger partial charge in [-0.3, -0.25) is 9.11 Å². The number of nitrogens with two attached hydrogens (primary N) is 1. The van der Waals surface area contributed by atoms with Gasteiger partial charge in [0.2, 0.25) is 5.95 Å². The summed E-state index contributed by atoms with van der Waals surface area (Å²) >= 11 is 0. The SMILES string of the molecule is CNC1=CC=CC=C(S(=O)(=O)O)C1.Nc1cc(Nc2ncnc(F)n2)ccc1S(=O)(=O)O. The van der Waals surface area contributed by atoms with E-state index in [1.807, 2.05) is 0 Å². The molecule has 12 nitrogen and oxygen atoms in total. The fourth-order valence-electron chi connectivity index (χ4n) is 2.32. The Hall–Kier alpha value is -3.40. The second-order valence-corrected chi connectivity index (χ2v) is 8.91. The maximum atomic E-state index is 12.7. The molecular weight excluding hydrogens is 467 g/mol. The molecule has 0 radical (unpaired) electrons. The van der Waals surface area contributed by atoms with Crippen LogP contribution in [0.4, 0.5) is 21.7 Å². The quantitative estimate of drug-likeness (QED) is 0.301. The Kier molecular flexibility index (Phi) is 7.98. The van der Waals surface area contributed by atoms with E-state index in [1.165, 1.54) is 18.2 Å². The lowest BCUT2D eigenvalue weighted by Gasteiger charge is -2.07. The van der Waals surface area contributed by atoms with Crippen molar-refractivity contribution in [3.63, 3.8) is 0 Å². The van der Waals surface area contributed by atoms with Crippen molar-refractivity contribution < 1.29 is 30.3 Å². The Labute approximate surface area is 183 Å². The number of allylic oxidation sites excluding steroid dienone is 5. The standard InChI is InChI=1S/C9H8FN5O3S.C8H11NO3S/c10-8-12-4-13-9(15-8)14-5-1-2-7(6(11)3-5)19(16,17)18;1-9-7-4-2-3-5-8(6-7)13(10,11)12/h1-4H,11H2,(H,16,17,18)(H,12,13,14,15);2-5,9H,6H2,1H3,(H,10,11,12). The molecule has 1 heterocycles. The zero-order valence-corrected chi connectivity index (χ0v) is 18.1. The van der Waals surface area contributed by atoms with E-state index in [-0.39, 0.29) is 23.0 Å². The second-order valence-electron chi connectivity index (χ2n) is 6.04. The Bertz CT molecular complexity index is 1290. The molecule has 0 atom stereocenters. The van der Waals surface area contributed by atoms with E-state index in [9.17, 15) is 21.2 Å². The van der Waals surface area contributed by atoms with Crippen LogP contribution in [0, 0.1) is 6.08 Å². The summed E-state index contributed by atoms with van der Waals surface area (Å²) < 4.78 is 73.9. The van der Waals surface area contributed by atoms with Crippen LogP contribution < -0.4 is 16.4 Å². The van der Waals surface area contributed by atoms with Gasteiger partial charge in [0.1, 0.15) is 11.2 Å². The van der Waals surface area contributed by atoms with Gasteiger partial charge in [-0.1, -0.05) is 12.2 Å². The number of nitrogens with one attached hydrogen (secondary N) is 2. The molecule has 0 aliphatic heterocycles. The highest BCUT2D eigenvalue weighted by Crippen LogP contribution is 2.23. The van der Waals surface area contributed by atoms with Crippen LogP contribution in [0.25, 0.3) is 0 Å². The molecule has 0 unspecified atom stereocenters. The minimum atomic E-state index is -4.38. The Morgan fingerprint density at radius 1 is 1.06 bits per heavy atom. The van der Waals surface area contributed by atoms with Crippen LogP contribution in [0.3, 0.4) is 0 Å². The predicted octanol–water partition coefficient (Wildman–Crippen LogP) is 1.40. The minimum absolute atomic E-state index is 0.00171. The lowest BCUT2D eigenvalue weighted by molar-refractivity contribution is 0.483. The van der Waals surface area contributed by atoms with Crippen molar-refractivity contribution in [3.8, 4) is 0 Å². The van der Waals surface area contributed by atoms with Crippen molar-refractivity contribution in [3.05, 3.63) is 65.5 Å². The third-order valence-electron chi connectivity index (χ3n) is 3.79. The molecule has 6 N–H and O–H groups in total. The van der Waals surface area contributed by atoms with Crippen LogP contribution in [0.5, 0.6) is 0 Å². The molecule has 0 bridgehead atoms. The largest absolute Gasteiger partial charge is 0.398 e. The molecule has 172 valence electrons. The van der Waals surface area contributed by atoms with E-state index < -0.39 is 31.2 Å². The van der Waals surface area contributed by atoms with Gasteiger partial charge in [0.25, 0.3) is 20.2 Å². The summed E-state index contributed by atoms with van der Waals surface area (Å²) in [6, 6.07) is 3.66. The molecule has 1 aliphatic carbocycles. The number of anilines is 3. The molecule has 0 fully saturated rings. The Morgan fingerprint density at radius 2 is 1.75 bits per heavy atom. The maximum Gasteiger partial charge on any atom is 0.313 e. The number of benzene rings is 1. The van der Waals surface area contributed by atoms with Gasteiger partial charge >= 0.3 is 6.08 Å². The number of hydrogen-bond acceptors (Lipinski definition) is 10. The summed E-state index contributed by atoms with van der Waals surface area (Å²) in [5.41, 5.74) is 6.40. The lowest BCUT2D eigenvalue weighted by atomic mass is 10.3. The van der Waals surface area contributed by atoms with Crippen molar-refractivity contribution in [2.75, 3.05) is 18.1 Å². The zero-order chi connectivity index (χ0) is 23.9. The Morgan fingerprint density at radius 3 is 2.31 bits per heavy atom. The predicted molar refractivity (Wildman–Crippen MR) is 114 cm³/mol. The highest BCUT2D eigenvalue weighted by atomic mass is 32.2. The van der Waals surface area contributed by atoms with Gasteiger partial charge in [-0.2, -0.15) is 31.2 Å². The van der Waals surface area contributed by atoms with Gasteiger partial charge in [-0.15, -0.1) is 0 Å². The van der Waals surface area contributed by atoms with Gasteiger partial charge in [0.15, 0.2) is 0 Å². The summed E-state index contributed by atoms with van der Waals surface area (Å²) in [6.07, 6.45) is 6.64. The molecule has 15 heteroatoms. The topological polar surface area (TPSA) is 197 Å². The van der Waals surface area contributed by atoms with Crippen molar-refractivity contribution in [1.82, 2.24) is 20.3 Å². The lowest BCUT2D eigenvalue weighted by Crippen LogP contribution is -2.10. The molecule has 1 aliphatic rings. The van der Waals surface area contributed by atoms with Crippen molar-refractivity contribution in [2.45, 2.75) is 11.3 Å². The molecule has 0 saturated carbocycles. The van der Waals surface area contributed by atoms with Crippen LogP contribution in [0.2, 0.25) is 0 Å². The first-order chi connectivity index (χ1) is 14.9. The summed E-state index contributed by atoms with van der Waals surface area (Å²) in [7, 11) is -6.75. The number of aromatic nitrogens is 3. The number of halogens is 1. The fraction of sp³-hybridized carbons (Fsp3) is 0.118. The third-order valence-corrected chi connectivity index (χ3v) is 5.66. The first kappa shape index (κ1) is 24.9. The van der Waals surface area contributed by atoms with Gasteiger partial charge in [-0.05, 0) is 30.4 Å². The summed E-state index contributed by atoms with van der Waals surface area (Å²) in [5.74, 6) is -0.0634. The monoisotopic (exact) mass is 486 g/mol. The van der Waals surface area contributed by atoms with Gasteiger partial charge < -0.3 is 16.4 Å². The first-order valence-corrected chi connectivity index (χ1v) is 11.5. The molecule has 0 spiro atoms. The highest BCUT2D eigenvalue weighted by molar-refractivity contribution is 7.89. The van der Waals surface area contributed by atoms with Crippen LogP contribution in [-0.2, 0) is 20.2 Å². The van der Waals surface area contributed by atoms with Gasteiger partial charge in [-0.25, -0.2) is 4.98 Å². The first-order valence-electron chi connectivity index (χ1n) is 8.60. The molecule has 0 amide bonds. The zero-order valence-electron chi connectivity index (χ0n) is 16.5. The van der Waals surface area contributed by atoms with Gasteiger partial charge in [0, 0.05) is 24.9 Å². The highest BCUT2D eigenvalue weighted by Gasteiger charge is 2.15. The Balaban J connectivity index is 0.000000244. The summed E-state index contributed by atoms with van der Waals surface area (Å²) in [4.78, 5) is 9.78. The third kappa shape index (κ3) is 7.38. The van der Waals surface area contributed by atoms with E-state index in [4.69, 9.17) is 14.8 Å². The number of hydrogen-bond donors (Lipinski definition) is 5. The van der Waals surface area contributed by atoms with E-state index >= 15 is 0 Å². The van der Waals surface area contributed by atoms with Gasteiger partial charge in [0.05, 0.1) is 10.6 Å². The molecule has 2 aromatic rings. The second kappa shape index (κ2) is 10.3. The van der Waals surface area contributed by atoms with E-state index in [1.54, 1.807) is 25.3 Å². The average molecular weight is 487 g/mol. The number of nitrogen functional groups attached to an aromatic ring is 1. The van der Waals surface area contributed by atoms with Crippen LogP contribution >= 0.6 is 0 Å². The van der Waals surface area contributed by atoms with E-state index in [0.29, 0.717) is 5.69 Å². The molecule has 1 aromatic heterocycles. The van der Waals surface area contributed by atoms with Crippen molar-refractivity contribution in [1.29, 1.82) is 0 Å². The van der Waals surface area contributed by atoms with Crippen LogP contribution in [0.15, 0.2) is 64.3 Å². The number of rotatable bonds is 5. The average Bonchev–Trinajstić information content (AvgIpc) is 2.93. The summed E-state index contributed by atoms with van der Waals surface area (Å²) in [6.45, 7) is 0. The molecule has 0 saturated heterocycles. The molecule has 32 heavy (non-hydrogen) atoms.